The molecule has 1 heterocycles. The maximum atomic E-state index is 11.5. The highest BCUT2D eigenvalue weighted by Crippen LogP contribution is 2.34. The Morgan fingerprint density at radius 1 is 1.00 bits per heavy atom. The Hall–Kier alpha value is -1.35. The second-order valence-corrected chi connectivity index (χ2v) is 6.59. The zero-order valence-corrected chi connectivity index (χ0v) is 14.4. The first kappa shape index (κ1) is 18.0. The number of epoxide rings is 1. The number of carbonyl (C=O) groups excluding carboxylic acids is 1. The third kappa shape index (κ3) is 6.34. The molecule has 1 saturated heterocycles. The van der Waals surface area contributed by atoms with Crippen molar-refractivity contribution in [3.8, 4) is 0 Å². The van der Waals surface area contributed by atoms with Crippen molar-refractivity contribution in [2.24, 2.45) is 0 Å². The topological polar surface area (TPSA) is 38.8 Å². The molecule has 2 rings (SSSR count). The summed E-state index contributed by atoms with van der Waals surface area (Å²) in [6.45, 7) is 0.543. The molecule has 0 unspecified atom stereocenters. The van der Waals surface area contributed by atoms with Crippen LogP contribution in [0.5, 0.6) is 0 Å². The van der Waals surface area contributed by atoms with E-state index in [4.69, 9.17) is 9.47 Å². The molecule has 1 aliphatic heterocycles. The first-order valence-corrected chi connectivity index (χ1v) is 9.03. The van der Waals surface area contributed by atoms with Crippen LogP contribution in [0.25, 0.3) is 0 Å². The molecule has 0 aliphatic carbocycles. The van der Waals surface area contributed by atoms with Crippen LogP contribution in [0.3, 0.4) is 0 Å². The van der Waals surface area contributed by atoms with Gasteiger partial charge in [0.25, 0.3) is 0 Å². The molecule has 0 radical (unpaired) electrons. The van der Waals surface area contributed by atoms with Crippen LogP contribution in [0.15, 0.2) is 30.3 Å². The lowest BCUT2D eigenvalue weighted by Gasteiger charge is -2.08. The third-order valence-corrected chi connectivity index (χ3v) is 4.69. The Kier molecular flexibility index (Phi) is 7.60. The van der Waals surface area contributed by atoms with Crippen molar-refractivity contribution in [3.05, 3.63) is 35.9 Å². The van der Waals surface area contributed by atoms with Gasteiger partial charge in [0.05, 0.1) is 13.7 Å². The van der Waals surface area contributed by atoms with Gasteiger partial charge in [-0.2, -0.15) is 0 Å². The van der Waals surface area contributed by atoms with Crippen molar-refractivity contribution in [2.75, 3.05) is 13.7 Å². The number of esters is 1. The molecule has 0 saturated carbocycles. The Morgan fingerprint density at radius 3 is 2.13 bits per heavy atom. The predicted molar refractivity (Wildman–Crippen MR) is 92.4 cm³/mol. The second-order valence-electron chi connectivity index (χ2n) is 6.59. The Balaban J connectivity index is 1.38. The van der Waals surface area contributed by atoms with Gasteiger partial charge in [0, 0.05) is 0 Å². The molecule has 1 atom stereocenters. The fourth-order valence-corrected chi connectivity index (χ4v) is 3.08. The molecular formula is C20H30O3. The molecule has 1 aromatic rings. The summed E-state index contributed by atoms with van der Waals surface area (Å²) in [4.78, 5) is 11.5. The van der Waals surface area contributed by atoms with E-state index in [2.05, 4.69) is 30.3 Å². The van der Waals surface area contributed by atoms with Crippen molar-refractivity contribution in [1.29, 1.82) is 0 Å². The van der Waals surface area contributed by atoms with Crippen LogP contribution in [0.4, 0.5) is 0 Å². The lowest BCUT2D eigenvalue weighted by Crippen LogP contribution is -2.25. The molecule has 0 bridgehead atoms. The van der Waals surface area contributed by atoms with Crippen LogP contribution >= 0.6 is 0 Å². The van der Waals surface area contributed by atoms with Crippen LogP contribution in [-0.4, -0.2) is 25.3 Å². The highest BCUT2D eigenvalue weighted by molar-refractivity contribution is 5.82. The van der Waals surface area contributed by atoms with Crippen LogP contribution in [0, 0.1) is 0 Å². The van der Waals surface area contributed by atoms with E-state index in [9.17, 15) is 4.79 Å². The van der Waals surface area contributed by atoms with Gasteiger partial charge in [0.15, 0.2) is 5.60 Å². The zero-order chi connectivity index (χ0) is 16.4. The molecule has 0 spiro atoms. The number of aryl methyl sites for hydroxylation is 1. The highest BCUT2D eigenvalue weighted by Gasteiger charge is 2.52. The van der Waals surface area contributed by atoms with E-state index in [0.29, 0.717) is 6.61 Å². The van der Waals surface area contributed by atoms with Crippen molar-refractivity contribution < 1.29 is 14.3 Å². The normalized spacial score (nSPS) is 19.5. The average molecular weight is 318 g/mol. The number of hydrogen-bond donors (Lipinski definition) is 0. The predicted octanol–water partition coefficient (Wildman–Crippen LogP) is 4.68. The molecule has 23 heavy (non-hydrogen) atoms. The fourth-order valence-electron chi connectivity index (χ4n) is 3.08. The summed E-state index contributed by atoms with van der Waals surface area (Å²) in [6.07, 6.45) is 12.1. The first-order chi connectivity index (χ1) is 11.3. The summed E-state index contributed by atoms with van der Waals surface area (Å²) < 4.78 is 10.1. The van der Waals surface area contributed by atoms with Crippen molar-refractivity contribution in [1.82, 2.24) is 0 Å². The standard InChI is InChI=1S/C20H30O3/c1-22-19(21)20(17-23-20)16-12-7-5-3-2-4-6-9-13-18-14-10-8-11-15-18/h8,10-11,14-15H,2-7,9,12-13,16-17H2,1H3/t20-/m1/s1. The molecule has 0 amide bonds. The van der Waals surface area contributed by atoms with Crippen LogP contribution in [0.2, 0.25) is 0 Å². The van der Waals surface area contributed by atoms with Gasteiger partial charge in [-0.15, -0.1) is 0 Å². The summed E-state index contributed by atoms with van der Waals surface area (Å²) in [5.41, 5.74) is 0.876. The molecule has 0 aromatic heterocycles. The van der Waals surface area contributed by atoms with E-state index in [1.54, 1.807) is 0 Å². The molecule has 3 heteroatoms. The van der Waals surface area contributed by atoms with Gasteiger partial charge >= 0.3 is 5.97 Å². The highest BCUT2D eigenvalue weighted by atomic mass is 16.6. The van der Waals surface area contributed by atoms with E-state index < -0.39 is 5.60 Å². The van der Waals surface area contributed by atoms with Gasteiger partial charge in [0.1, 0.15) is 0 Å². The monoisotopic (exact) mass is 318 g/mol. The smallest absolute Gasteiger partial charge is 0.340 e. The molecule has 1 fully saturated rings. The Labute approximate surface area is 140 Å². The fraction of sp³-hybridized carbons (Fsp3) is 0.650. The van der Waals surface area contributed by atoms with Gasteiger partial charge in [0.2, 0.25) is 0 Å². The number of rotatable bonds is 12. The minimum atomic E-state index is -0.577. The molecule has 128 valence electrons. The zero-order valence-electron chi connectivity index (χ0n) is 14.4. The quantitative estimate of drug-likeness (QED) is 0.319. The molecule has 1 aliphatic rings. The van der Waals surface area contributed by atoms with Gasteiger partial charge in [-0.1, -0.05) is 68.9 Å². The second kappa shape index (κ2) is 9.71. The number of ether oxygens (including phenoxy) is 2. The summed E-state index contributed by atoms with van der Waals surface area (Å²) in [5, 5.41) is 0. The van der Waals surface area contributed by atoms with E-state index >= 15 is 0 Å². The number of unbranched alkanes of at least 4 members (excludes halogenated alkanes) is 7. The van der Waals surface area contributed by atoms with Gasteiger partial charge in [-0.25, -0.2) is 4.79 Å². The van der Waals surface area contributed by atoms with Crippen molar-refractivity contribution >= 4 is 5.97 Å². The van der Waals surface area contributed by atoms with Gasteiger partial charge in [-0.05, 0) is 31.2 Å². The number of hydrogen-bond acceptors (Lipinski definition) is 3. The average Bonchev–Trinajstić information content (AvgIpc) is 3.38. The van der Waals surface area contributed by atoms with E-state index in [1.165, 1.54) is 64.0 Å². The first-order valence-electron chi connectivity index (χ1n) is 9.03. The van der Waals surface area contributed by atoms with E-state index in [1.807, 2.05) is 0 Å². The molecular weight excluding hydrogens is 288 g/mol. The van der Waals surface area contributed by atoms with Crippen LogP contribution < -0.4 is 0 Å². The SMILES string of the molecule is COC(=O)[C@@]1(CCCCCCCCCCc2ccccc2)CO1. The number of methoxy groups -OCH3 is 1. The van der Waals surface area contributed by atoms with Crippen molar-refractivity contribution in [2.45, 2.75) is 69.8 Å². The molecule has 3 nitrogen and oxygen atoms in total. The third-order valence-electron chi connectivity index (χ3n) is 4.69. The largest absolute Gasteiger partial charge is 0.467 e. The minimum Gasteiger partial charge on any atom is -0.467 e. The molecule has 0 N–H and O–H groups in total. The Bertz CT molecular complexity index is 451. The van der Waals surface area contributed by atoms with Crippen LogP contribution in [-0.2, 0) is 20.7 Å². The Morgan fingerprint density at radius 2 is 1.57 bits per heavy atom. The van der Waals surface area contributed by atoms with E-state index in [0.717, 1.165) is 12.8 Å². The summed E-state index contributed by atoms with van der Waals surface area (Å²) in [5.74, 6) is -0.198. The minimum absolute atomic E-state index is 0.198. The van der Waals surface area contributed by atoms with Gasteiger partial charge in [-0.3, -0.25) is 0 Å². The lowest BCUT2D eigenvalue weighted by atomic mass is 10.0. The number of carbonyl (C=O) groups is 1. The lowest BCUT2D eigenvalue weighted by molar-refractivity contribution is -0.147. The number of benzene rings is 1. The van der Waals surface area contributed by atoms with Gasteiger partial charge < -0.3 is 9.47 Å². The summed E-state index contributed by atoms with van der Waals surface area (Å²) >= 11 is 0. The molecule has 1 aromatic carbocycles. The van der Waals surface area contributed by atoms with Crippen LogP contribution in [0.1, 0.15) is 63.4 Å². The summed E-state index contributed by atoms with van der Waals surface area (Å²) in [6, 6.07) is 10.7. The summed E-state index contributed by atoms with van der Waals surface area (Å²) in [7, 11) is 1.43. The van der Waals surface area contributed by atoms with E-state index in [-0.39, 0.29) is 5.97 Å². The maximum absolute atomic E-state index is 11.5. The maximum Gasteiger partial charge on any atom is 0.340 e. The van der Waals surface area contributed by atoms with Crippen molar-refractivity contribution in [3.63, 3.8) is 0 Å².